The maximum absolute atomic E-state index is 11.6. The minimum Gasteiger partial charge on any atom is -0.478 e. The van der Waals surface area contributed by atoms with Crippen molar-refractivity contribution >= 4 is 20.0 Å². The molecular weight excluding hydrogens is 260 g/mol. The second kappa shape index (κ2) is 6.89. The van der Waals surface area contributed by atoms with Gasteiger partial charge in [0.2, 0.25) is 0 Å². The molecule has 0 aliphatic rings. The summed E-state index contributed by atoms with van der Waals surface area (Å²) in [5, 5.41) is 8.48. The number of ether oxygens (including phenoxy) is 1. The van der Waals surface area contributed by atoms with Crippen molar-refractivity contribution in [1.82, 2.24) is 0 Å². The van der Waals surface area contributed by atoms with Crippen LogP contribution in [0.25, 0.3) is 0 Å². The molecule has 110 valence electrons. The molecule has 0 rings (SSSR count). The first-order valence-corrected chi connectivity index (χ1v) is 10.2. The Balaban J connectivity index is 4.62. The first kappa shape index (κ1) is 17.9. The summed E-state index contributed by atoms with van der Waals surface area (Å²) < 4.78 is 5.39. The summed E-state index contributed by atoms with van der Waals surface area (Å²) >= 11 is 0. The number of carboxylic acid groups (broad SMARTS) is 1. The van der Waals surface area contributed by atoms with Gasteiger partial charge in [-0.2, -0.15) is 0 Å². The van der Waals surface area contributed by atoms with E-state index in [9.17, 15) is 9.59 Å². The second-order valence-corrected chi connectivity index (χ2v) is 12.7. The first-order valence-electron chi connectivity index (χ1n) is 6.53. The van der Waals surface area contributed by atoms with E-state index in [4.69, 9.17) is 9.84 Å². The molecule has 0 spiro atoms. The van der Waals surface area contributed by atoms with Crippen molar-refractivity contribution in [1.29, 1.82) is 0 Å². The van der Waals surface area contributed by atoms with E-state index in [2.05, 4.69) is 19.6 Å². The zero-order valence-electron chi connectivity index (χ0n) is 12.8. The standard InChI is InChI=1S/C14H26O4Si/c1-14(2,3)11(9-10-19(4,5)6)18-13(17)8-7-12(15)16/h7-8,11H,9-10H2,1-6H3,(H,15,16)/b8-7+. The summed E-state index contributed by atoms with van der Waals surface area (Å²) in [7, 11) is -1.19. The molecule has 0 saturated heterocycles. The predicted octanol–water partition coefficient (Wildman–Crippen LogP) is 3.31. The molecule has 5 heteroatoms. The molecule has 0 bridgehead atoms. The van der Waals surface area contributed by atoms with Crippen molar-refractivity contribution in [2.45, 2.75) is 59.0 Å². The summed E-state index contributed by atoms with van der Waals surface area (Å²) in [5.41, 5.74) is -0.146. The highest BCUT2D eigenvalue weighted by Gasteiger charge is 2.29. The molecule has 19 heavy (non-hydrogen) atoms. The zero-order chi connectivity index (χ0) is 15.3. The third-order valence-corrected chi connectivity index (χ3v) is 4.53. The van der Waals surface area contributed by atoms with E-state index in [0.717, 1.165) is 24.6 Å². The maximum Gasteiger partial charge on any atom is 0.331 e. The molecule has 0 aliphatic heterocycles. The number of esters is 1. The second-order valence-electron chi connectivity index (χ2n) is 7.06. The first-order chi connectivity index (χ1) is 8.42. The van der Waals surface area contributed by atoms with Gasteiger partial charge in [-0.15, -0.1) is 0 Å². The Morgan fingerprint density at radius 1 is 1.21 bits per heavy atom. The molecule has 0 amide bonds. The van der Waals surface area contributed by atoms with Gasteiger partial charge in [-0.25, -0.2) is 9.59 Å². The smallest absolute Gasteiger partial charge is 0.331 e. The van der Waals surface area contributed by atoms with Crippen molar-refractivity contribution in [3.05, 3.63) is 12.2 Å². The lowest BCUT2D eigenvalue weighted by Crippen LogP contribution is -2.33. The van der Waals surface area contributed by atoms with Gasteiger partial charge in [-0.3, -0.25) is 0 Å². The average molecular weight is 286 g/mol. The number of carboxylic acids is 1. The Labute approximate surface area is 116 Å². The number of aliphatic carboxylic acids is 1. The molecule has 0 fully saturated rings. The van der Waals surface area contributed by atoms with E-state index < -0.39 is 20.0 Å². The lowest BCUT2D eigenvalue weighted by Gasteiger charge is -2.31. The number of carbonyl (C=O) groups is 2. The van der Waals surface area contributed by atoms with Crippen molar-refractivity contribution in [2.24, 2.45) is 5.41 Å². The minimum atomic E-state index is -1.19. The molecule has 0 radical (unpaired) electrons. The fraction of sp³-hybridized carbons (Fsp3) is 0.714. The van der Waals surface area contributed by atoms with Crippen LogP contribution in [0.4, 0.5) is 0 Å². The van der Waals surface area contributed by atoms with Gasteiger partial charge in [0, 0.05) is 20.2 Å². The highest BCUT2D eigenvalue weighted by Crippen LogP contribution is 2.28. The summed E-state index contributed by atoms with van der Waals surface area (Å²) in [5.74, 6) is -1.73. The average Bonchev–Trinajstić information content (AvgIpc) is 2.18. The molecule has 0 aliphatic carbocycles. The third kappa shape index (κ3) is 9.47. The fourth-order valence-corrected chi connectivity index (χ4v) is 2.68. The topological polar surface area (TPSA) is 63.6 Å². The van der Waals surface area contributed by atoms with Crippen molar-refractivity contribution in [2.75, 3.05) is 0 Å². The van der Waals surface area contributed by atoms with E-state index in [1.54, 1.807) is 0 Å². The van der Waals surface area contributed by atoms with Gasteiger partial charge in [-0.1, -0.05) is 46.5 Å². The molecule has 4 nitrogen and oxygen atoms in total. The van der Waals surface area contributed by atoms with E-state index >= 15 is 0 Å². The van der Waals surface area contributed by atoms with Crippen molar-refractivity contribution < 1.29 is 19.4 Å². The molecule has 1 atom stereocenters. The van der Waals surface area contributed by atoms with Crippen LogP contribution in [0.5, 0.6) is 0 Å². The molecule has 1 unspecified atom stereocenters. The third-order valence-electron chi connectivity index (χ3n) is 2.74. The van der Waals surface area contributed by atoms with Gasteiger partial charge in [0.05, 0.1) is 0 Å². The zero-order valence-corrected chi connectivity index (χ0v) is 13.8. The van der Waals surface area contributed by atoms with Gasteiger partial charge in [-0.05, 0) is 11.8 Å². The quantitative estimate of drug-likeness (QED) is 0.462. The van der Waals surface area contributed by atoms with Gasteiger partial charge in [0.25, 0.3) is 0 Å². The Hall–Kier alpha value is -1.10. The van der Waals surface area contributed by atoms with Crippen LogP contribution in [-0.4, -0.2) is 31.2 Å². The van der Waals surface area contributed by atoms with E-state index in [1.807, 2.05) is 20.8 Å². The van der Waals surface area contributed by atoms with Crippen LogP contribution in [0.2, 0.25) is 25.7 Å². The highest BCUT2D eigenvalue weighted by molar-refractivity contribution is 6.76. The summed E-state index contributed by atoms with van der Waals surface area (Å²) in [6, 6.07) is 1.07. The van der Waals surface area contributed by atoms with Crippen LogP contribution in [0.15, 0.2) is 12.2 Å². The Morgan fingerprint density at radius 3 is 2.11 bits per heavy atom. The minimum absolute atomic E-state index is 0.146. The normalized spacial score (nSPS) is 14.4. The van der Waals surface area contributed by atoms with Crippen molar-refractivity contribution in [3.8, 4) is 0 Å². The molecule has 0 aromatic heterocycles. The Kier molecular flexibility index (Phi) is 6.49. The van der Waals surface area contributed by atoms with E-state index in [0.29, 0.717) is 0 Å². The van der Waals surface area contributed by atoms with Gasteiger partial charge in [0.15, 0.2) is 0 Å². The molecule has 1 N–H and O–H groups in total. The lowest BCUT2D eigenvalue weighted by atomic mass is 9.87. The predicted molar refractivity (Wildman–Crippen MR) is 78.9 cm³/mol. The van der Waals surface area contributed by atoms with E-state index in [1.165, 1.54) is 0 Å². The summed E-state index contributed by atoms with van der Waals surface area (Å²) in [6.07, 6.45) is 2.41. The largest absolute Gasteiger partial charge is 0.478 e. The monoisotopic (exact) mass is 286 g/mol. The van der Waals surface area contributed by atoms with Gasteiger partial charge < -0.3 is 9.84 Å². The SMILES string of the molecule is CC(C)(C)C(CC[Si](C)(C)C)OC(=O)/C=C/C(=O)O. The Bertz CT molecular complexity index is 347. The van der Waals surface area contributed by atoms with Crippen LogP contribution in [0.1, 0.15) is 27.2 Å². The molecule has 0 saturated carbocycles. The maximum atomic E-state index is 11.6. The Morgan fingerprint density at radius 2 is 1.74 bits per heavy atom. The van der Waals surface area contributed by atoms with Gasteiger partial charge >= 0.3 is 11.9 Å². The highest BCUT2D eigenvalue weighted by atomic mass is 28.3. The van der Waals surface area contributed by atoms with E-state index in [-0.39, 0.29) is 11.5 Å². The van der Waals surface area contributed by atoms with Crippen LogP contribution in [-0.2, 0) is 14.3 Å². The van der Waals surface area contributed by atoms with Crippen LogP contribution in [0.3, 0.4) is 0 Å². The van der Waals surface area contributed by atoms with Crippen LogP contribution >= 0.6 is 0 Å². The molecule has 0 aromatic rings. The molecular formula is C14H26O4Si. The fourth-order valence-electron chi connectivity index (χ4n) is 1.55. The number of rotatable bonds is 6. The van der Waals surface area contributed by atoms with Crippen LogP contribution in [0, 0.1) is 5.41 Å². The molecule has 0 heterocycles. The summed E-state index contributed by atoms with van der Waals surface area (Å²) in [6.45, 7) is 12.9. The number of hydrogen-bond acceptors (Lipinski definition) is 3. The lowest BCUT2D eigenvalue weighted by molar-refractivity contribution is -0.149. The molecule has 0 aromatic carbocycles. The number of hydrogen-bond donors (Lipinski definition) is 1. The number of carbonyl (C=O) groups excluding carboxylic acids is 1. The van der Waals surface area contributed by atoms with Crippen LogP contribution < -0.4 is 0 Å². The van der Waals surface area contributed by atoms with Gasteiger partial charge in [0.1, 0.15) is 6.10 Å². The van der Waals surface area contributed by atoms with Crippen molar-refractivity contribution in [3.63, 3.8) is 0 Å². The summed E-state index contributed by atoms with van der Waals surface area (Å²) in [4.78, 5) is 21.9.